The van der Waals surface area contributed by atoms with Crippen molar-refractivity contribution in [2.45, 2.75) is 18.7 Å². The van der Waals surface area contributed by atoms with Gasteiger partial charge < -0.3 is 4.74 Å². The molecule has 0 aromatic heterocycles. The Labute approximate surface area is 118 Å². The number of benzene rings is 1. The molecule has 0 aliphatic rings. The van der Waals surface area contributed by atoms with Gasteiger partial charge in [0.1, 0.15) is 23.1 Å². The Hall–Kier alpha value is -0.590. The second kappa shape index (κ2) is 6.04. The maximum atomic E-state index is 13.5. The Morgan fingerprint density at radius 3 is 2.61 bits per heavy atom. The summed E-state index contributed by atoms with van der Waals surface area (Å²) in [5.41, 5.74) is 1.06. The van der Waals surface area contributed by atoms with Crippen LogP contribution in [0, 0.1) is 5.82 Å². The van der Waals surface area contributed by atoms with Crippen LogP contribution in [-0.4, -0.2) is 15.0 Å². The lowest BCUT2D eigenvalue weighted by Gasteiger charge is -2.08. The monoisotopic (exact) mass is 356 g/mol. The molecule has 0 bridgehead atoms. The highest BCUT2D eigenvalue weighted by Gasteiger charge is 2.19. The fourth-order valence-electron chi connectivity index (χ4n) is 1.11. The summed E-state index contributed by atoms with van der Waals surface area (Å²) in [6, 6.07) is 2.06. The molecule has 0 amide bonds. The highest BCUT2D eigenvalue weighted by atomic mass is 79.9. The standard InChI is InChI=1S/C11H11BrClFO3S/c1-7(2)3-4-17-10-6-9(14)11(5-8(10)12)18(13,15)16/h3,5-6H,4H2,1-2H3. The lowest BCUT2D eigenvalue weighted by Crippen LogP contribution is -2.00. The molecule has 1 aromatic carbocycles. The second-order valence-corrected chi connectivity index (χ2v) is 7.13. The van der Waals surface area contributed by atoms with E-state index in [2.05, 4.69) is 15.9 Å². The van der Waals surface area contributed by atoms with Crippen LogP contribution in [0.3, 0.4) is 0 Å². The van der Waals surface area contributed by atoms with Crippen molar-refractivity contribution < 1.29 is 17.5 Å². The summed E-state index contributed by atoms with van der Waals surface area (Å²) >= 11 is 3.11. The highest BCUT2D eigenvalue weighted by Crippen LogP contribution is 2.31. The van der Waals surface area contributed by atoms with Gasteiger partial charge in [-0.15, -0.1) is 0 Å². The molecule has 18 heavy (non-hydrogen) atoms. The zero-order valence-corrected chi connectivity index (χ0v) is 12.9. The van der Waals surface area contributed by atoms with Crippen LogP contribution in [0.2, 0.25) is 0 Å². The smallest absolute Gasteiger partial charge is 0.264 e. The van der Waals surface area contributed by atoms with Crippen molar-refractivity contribution in [3.8, 4) is 5.75 Å². The third-order valence-electron chi connectivity index (χ3n) is 1.98. The SMILES string of the molecule is CC(C)=CCOc1cc(F)c(S(=O)(=O)Cl)cc1Br. The van der Waals surface area contributed by atoms with E-state index in [1.807, 2.05) is 19.9 Å². The molecule has 1 rings (SSSR count). The summed E-state index contributed by atoms with van der Waals surface area (Å²) in [4.78, 5) is -0.578. The number of rotatable bonds is 4. The maximum absolute atomic E-state index is 13.5. The van der Waals surface area contributed by atoms with E-state index in [0.717, 1.165) is 17.7 Å². The van der Waals surface area contributed by atoms with Crippen molar-refractivity contribution in [1.82, 2.24) is 0 Å². The maximum Gasteiger partial charge on any atom is 0.264 e. The fourth-order valence-corrected chi connectivity index (χ4v) is 2.62. The minimum Gasteiger partial charge on any atom is -0.488 e. The van der Waals surface area contributed by atoms with Gasteiger partial charge in [-0.1, -0.05) is 5.57 Å². The Morgan fingerprint density at radius 2 is 2.11 bits per heavy atom. The molecule has 0 fully saturated rings. The van der Waals surface area contributed by atoms with Gasteiger partial charge in [-0.3, -0.25) is 0 Å². The first-order valence-electron chi connectivity index (χ1n) is 4.91. The number of halogens is 3. The zero-order chi connectivity index (χ0) is 13.9. The van der Waals surface area contributed by atoms with Gasteiger partial charge in [-0.2, -0.15) is 0 Å². The summed E-state index contributed by atoms with van der Waals surface area (Å²) in [5, 5.41) is 0. The molecular formula is C11H11BrClFO3S. The normalized spacial score (nSPS) is 11.2. The second-order valence-electron chi connectivity index (χ2n) is 3.74. The van der Waals surface area contributed by atoms with E-state index in [1.54, 1.807) is 0 Å². The molecule has 0 saturated heterocycles. The lowest BCUT2D eigenvalue weighted by atomic mass is 10.3. The molecule has 1 aromatic rings. The average Bonchev–Trinajstić information content (AvgIpc) is 2.20. The van der Waals surface area contributed by atoms with Crippen molar-refractivity contribution in [2.75, 3.05) is 6.61 Å². The average molecular weight is 358 g/mol. The molecule has 0 aliphatic carbocycles. The predicted molar refractivity (Wildman–Crippen MR) is 72.1 cm³/mol. The van der Waals surface area contributed by atoms with Gasteiger partial charge in [0.05, 0.1) is 4.47 Å². The van der Waals surface area contributed by atoms with E-state index in [4.69, 9.17) is 15.4 Å². The first-order chi connectivity index (χ1) is 8.21. The Bertz CT molecular complexity index is 580. The number of hydrogen-bond acceptors (Lipinski definition) is 3. The van der Waals surface area contributed by atoms with Crippen molar-refractivity contribution in [2.24, 2.45) is 0 Å². The molecule has 100 valence electrons. The van der Waals surface area contributed by atoms with Gasteiger partial charge in [0.2, 0.25) is 0 Å². The Kier molecular flexibility index (Phi) is 5.19. The van der Waals surface area contributed by atoms with E-state index < -0.39 is 19.8 Å². The lowest BCUT2D eigenvalue weighted by molar-refractivity contribution is 0.356. The highest BCUT2D eigenvalue weighted by molar-refractivity contribution is 9.10. The molecule has 0 unspecified atom stereocenters. The van der Waals surface area contributed by atoms with Crippen LogP contribution < -0.4 is 4.74 Å². The van der Waals surface area contributed by atoms with E-state index in [-0.39, 0.29) is 12.4 Å². The fraction of sp³-hybridized carbons (Fsp3) is 0.273. The van der Waals surface area contributed by atoms with Gasteiger partial charge in [-0.25, -0.2) is 12.8 Å². The quantitative estimate of drug-likeness (QED) is 0.607. The van der Waals surface area contributed by atoms with E-state index in [1.165, 1.54) is 0 Å². The number of hydrogen-bond donors (Lipinski definition) is 0. The van der Waals surface area contributed by atoms with Crippen LogP contribution in [0.1, 0.15) is 13.8 Å². The van der Waals surface area contributed by atoms with Gasteiger partial charge >= 0.3 is 0 Å². The molecule has 3 nitrogen and oxygen atoms in total. The summed E-state index contributed by atoms with van der Waals surface area (Å²) in [7, 11) is 0.988. The van der Waals surface area contributed by atoms with Gasteiger partial charge in [-0.05, 0) is 41.9 Å². The van der Waals surface area contributed by atoms with E-state index in [0.29, 0.717) is 4.47 Å². The molecule has 0 spiro atoms. The number of allylic oxidation sites excluding steroid dienone is 1. The molecule has 0 saturated carbocycles. The summed E-state index contributed by atoms with van der Waals surface area (Å²) in [6.45, 7) is 4.08. The van der Waals surface area contributed by atoms with Crippen LogP contribution in [0.5, 0.6) is 5.75 Å². The van der Waals surface area contributed by atoms with Crippen molar-refractivity contribution >= 4 is 35.7 Å². The van der Waals surface area contributed by atoms with Gasteiger partial charge in [0, 0.05) is 16.7 Å². The van der Waals surface area contributed by atoms with Crippen LogP contribution in [-0.2, 0) is 9.05 Å². The van der Waals surface area contributed by atoms with Crippen LogP contribution >= 0.6 is 26.6 Å². The summed E-state index contributed by atoms with van der Waals surface area (Å²) in [6.07, 6.45) is 1.82. The summed E-state index contributed by atoms with van der Waals surface area (Å²) < 4.78 is 41.3. The topological polar surface area (TPSA) is 43.4 Å². The van der Waals surface area contributed by atoms with Crippen molar-refractivity contribution in [3.05, 3.63) is 34.1 Å². The largest absolute Gasteiger partial charge is 0.488 e. The zero-order valence-electron chi connectivity index (χ0n) is 9.71. The first-order valence-corrected chi connectivity index (χ1v) is 8.02. The van der Waals surface area contributed by atoms with Gasteiger partial charge in [0.25, 0.3) is 9.05 Å². The molecule has 0 aliphatic heterocycles. The first kappa shape index (κ1) is 15.5. The Morgan fingerprint density at radius 1 is 1.50 bits per heavy atom. The van der Waals surface area contributed by atoms with Crippen LogP contribution in [0.25, 0.3) is 0 Å². The minimum atomic E-state index is -4.11. The van der Waals surface area contributed by atoms with E-state index in [9.17, 15) is 12.8 Å². The number of ether oxygens (including phenoxy) is 1. The molecular weight excluding hydrogens is 347 g/mol. The molecule has 0 radical (unpaired) electrons. The summed E-state index contributed by atoms with van der Waals surface area (Å²) in [5.74, 6) is -0.727. The minimum absolute atomic E-state index is 0.217. The van der Waals surface area contributed by atoms with E-state index >= 15 is 0 Å². The van der Waals surface area contributed by atoms with Crippen LogP contribution in [0.15, 0.2) is 33.2 Å². The molecule has 7 heteroatoms. The molecule has 0 heterocycles. The molecule has 0 N–H and O–H groups in total. The molecule has 0 atom stereocenters. The Balaban J connectivity index is 3.05. The van der Waals surface area contributed by atoms with Gasteiger partial charge in [0.15, 0.2) is 0 Å². The predicted octanol–water partition coefficient (Wildman–Crippen LogP) is 3.86. The third kappa shape index (κ3) is 4.26. The van der Waals surface area contributed by atoms with Crippen LogP contribution in [0.4, 0.5) is 4.39 Å². The van der Waals surface area contributed by atoms with Crippen molar-refractivity contribution in [3.63, 3.8) is 0 Å². The third-order valence-corrected chi connectivity index (χ3v) is 3.94. The van der Waals surface area contributed by atoms with Crippen molar-refractivity contribution in [1.29, 1.82) is 0 Å².